The Labute approximate surface area is 117 Å². The van der Waals surface area contributed by atoms with E-state index in [4.69, 9.17) is 0 Å². The van der Waals surface area contributed by atoms with Crippen LogP contribution < -0.4 is 4.90 Å². The summed E-state index contributed by atoms with van der Waals surface area (Å²) < 4.78 is 2.01. The number of aliphatic hydroxyl groups excluding tert-OH is 1. The van der Waals surface area contributed by atoms with Gasteiger partial charge in [-0.25, -0.2) is 4.98 Å². The maximum Gasteiger partial charge on any atom is 0.195 e. The summed E-state index contributed by atoms with van der Waals surface area (Å²) >= 11 is 1.62. The average molecular weight is 279 g/mol. The quantitative estimate of drug-likeness (QED) is 0.939. The summed E-state index contributed by atoms with van der Waals surface area (Å²) in [5.74, 6) is 0.979. The number of nitrogens with zero attached hydrogens (tertiary/aromatic N) is 3. The molecular formula is C14H21N3OS. The molecule has 0 atom stereocenters. The fourth-order valence-electron chi connectivity index (χ4n) is 2.83. The van der Waals surface area contributed by atoms with Crippen molar-refractivity contribution in [3.63, 3.8) is 0 Å². The fraction of sp³-hybridized carbons (Fsp3) is 0.643. The van der Waals surface area contributed by atoms with E-state index in [9.17, 15) is 5.11 Å². The number of rotatable bonds is 3. The molecule has 0 aliphatic carbocycles. The minimum absolute atomic E-state index is 0.0504. The van der Waals surface area contributed by atoms with Gasteiger partial charge in [0.05, 0.1) is 12.3 Å². The highest BCUT2D eigenvalue weighted by Gasteiger charge is 2.30. The monoisotopic (exact) mass is 279 g/mol. The molecule has 2 aromatic rings. The summed E-state index contributed by atoms with van der Waals surface area (Å²) in [5, 5.41) is 11.6. The van der Waals surface area contributed by atoms with Crippen LogP contribution in [-0.2, 0) is 6.61 Å². The van der Waals surface area contributed by atoms with Gasteiger partial charge in [0.15, 0.2) is 10.8 Å². The number of hydrogen-bond acceptors (Lipinski definition) is 4. The van der Waals surface area contributed by atoms with Crippen LogP contribution in [-0.4, -0.2) is 27.6 Å². The van der Waals surface area contributed by atoms with E-state index in [2.05, 4.69) is 23.7 Å². The number of aliphatic hydroxyl groups is 1. The molecule has 1 aliphatic rings. The van der Waals surface area contributed by atoms with Gasteiger partial charge in [-0.1, -0.05) is 20.3 Å². The summed E-state index contributed by atoms with van der Waals surface area (Å²) in [6.07, 6.45) is 5.65. The van der Waals surface area contributed by atoms with Crippen molar-refractivity contribution in [1.29, 1.82) is 0 Å². The molecule has 0 radical (unpaired) electrons. The zero-order valence-electron chi connectivity index (χ0n) is 11.6. The molecule has 104 valence electrons. The molecule has 0 saturated carbocycles. The van der Waals surface area contributed by atoms with E-state index in [-0.39, 0.29) is 6.61 Å². The van der Waals surface area contributed by atoms with Crippen molar-refractivity contribution in [2.75, 3.05) is 18.0 Å². The Morgan fingerprint density at radius 3 is 2.79 bits per heavy atom. The van der Waals surface area contributed by atoms with Gasteiger partial charge >= 0.3 is 0 Å². The zero-order chi connectivity index (χ0) is 13.5. The smallest absolute Gasteiger partial charge is 0.195 e. The molecule has 4 nitrogen and oxygen atoms in total. The van der Waals surface area contributed by atoms with Gasteiger partial charge in [-0.3, -0.25) is 4.40 Å². The Morgan fingerprint density at radius 2 is 2.16 bits per heavy atom. The van der Waals surface area contributed by atoms with Gasteiger partial charge in [0.2, 0.25) is 0 Å². The first-order valence-electron chi connectivity index (χ1n) is 6.97. The lowest BCUT2D eigenvalue weighted by Crippen LogP contribution is -2.39. The number of fused-ring (bicyclic) bond motifs is 1. The molecule has 0 spiro atoms. The lowest BCUT2D eigenvalue weighted by atomic mass is 9.78. The first-order valence-corrected chi connectivity index (χ1v) is 7.85. The van der Waals surface area contributed by atoms with Crippen molar-refractivity contribution in [3.05, 3.63) is 17.3 Å². The van der Waals surface area contributed by atoms with Crippen molar-refractivity contribution in [1.82, 2.24) is 9.38 Å². The van der Waals surface area contributed by atoms with E-state index in [0.717, 1.165) is 29.6 Å². The summed E-state index contributed by atoms with van der Waals surface area (Å²) in [5.41, 5.74) is 1.41. The van der Waals surface area contributed by atoms with Crippen molar-refractivity contribution < 1.29 is 5.11 Å². The number of piperidine rings is 1. The second kappa shape index (κ2) is 4.80. The Bertz CT molecular complexity index is 566. The Hall–Kier alpha value is -1.07. The van der Waals surface area contributed by atoms with Crippen LogP contribution in [0.15, 0.2) is 11.6 Å². The molecule has 0 unspecified atom stereocenters. The number of aromatic nitrogens is 2. The molecule has 3 heterocycles. The average Bonchev–Trinajstić information content (AvgIpc) is 2.99. The van der Waals surface area contributed by atoms with E-state index in [1.54, 1.807) is 11.3 Å². The Kier molecular flexibility index (Phi) is 3.27. The SMILES string of the molecule is CCC1(C)CCN(c2nc3sccn3c2CO)CC1. The third-order valence-electron chi connectivity index (χ3n) is 4.61. The van der Waals surface area contributed by atoms with Gasteiger partial charge in [-0.2, -0.15) is 0 Å². The highest BCUT2D eigenvalue weighted by molar-refractivity contribution is 7.15. The van der Waals surface area contributed by atoms with Crippen LogP contribution in [0, 0.1) is 5.41 Å². The second-order valence-corrected chi connectivity index (χ2v) is 6.62. The molecule has 3 rings (SSSR count). The normalized spacial score (nSPS) is 19.2. The number of hydrogen-bond donors (Lipinski definition) is 1. The lowest BCUT2D eigenvalue weighted by Gasteiger charge is -2.39. The molecule has 1 fully saturated rings. The minimum Gasteiger partial charge on any atom is -0.390 e. The van der Waals surface area contributed by atoms with Gasteiger partial charge in [0.1, 0.15) is 0 Å². The van der Waals surface area contributed by atoms with Gasteiger partial charge in [0, 0.05) is 24.7 Å². The minimum atomic E-state index is 0.0504. The van der Waals surface area contributed by atoms with E-state index >= 15 is 0 Å². The number of imidazole rings is 1. The van der Waals surface area contributed by atoms with Crippen LogP contribution in [0.4, 0.5) is 5.82 Å². The zero-order valence-corrected chi connectivity index (χ0v) is 12.4. The van der Waals surface area contributed by atoms with Crippen LogP contribution in [0.25, 0.3) is 4.96 Å². The highest BCUT2D eigenvalue weighted by atomic mass is 32.1. The number of anilines is 1. The van der Waals surface area contributed by atoms with Crippen LogP contribution in [0.1, 0.15) is 38.8 Å². The number of thiazole rings is 1. The summed E-state index contributed by atoms with van der Waals surface area (Å²) in [6.45, 7) is 6.80. The second-order valence-electron chi connectivity index (χ2n) is 5.75. The van der Waals surface area contributed by atoms with Crippen molar-refractivity contribution in [3.8, 4) is 0 Å². The molecule has 1 saturated heterocycles. The molecule has 0 bridgehead atoms. The van der Waals surface area contributed by atoms with Gasteiger partial charge in [-0.05, 0) is 18.3 Å². The maximum absolute atomic E-state index is 9.62. The first-order chi connectivity index (χ1) is 9.17. The van der Waals surface area contributed by atoms with Gasteiger partial charge in [-0.15, -0.1) is 11.3 Å². The molecule has 1 aliphatic heterocycles. The predicted molar refractivity (Wildman–Crippen MR) is 78.8 cm³/mol. The van der Waals surface area contributed by atoms with Crippen LogP contribution in [0.5, 0.6) is 0 Å². The van der Waals surface area contributed by atoms with Gasteiger partial charge < -0.3 is 10.0 Å². The van der Waals surface area contributed by atoms with E-state index in [0.29, 0.717) is 5.41 Å². The van der Waals surface area contributed by atoms with Crippen molar-refractivity contribution in [2.45, 2.75) is 39.7 Å². The third-order valence-corrected chi connectivity index (χ3v) is 5.37. The topological polar surface area (TPSA) is 40.8 Å². The van der Waals surface area contributed by atoms with Gasteiger partial charge in [0.25, 0.3) is 0 Å². The molecule has 1 N–H and O–H groups in total. The third kappa shape index (κ3) is 2.15. The standard InChI is InChI=1S/C14H21N3OS/c1-3-14(2)4-6-16(7-5-14)12-11(10-18)17-8-9-19-13(17)15-12/h8-9,18H,3-7,10H2,1-2H3. The first kappa shape index (κ1) is 12.9. The largest absolute Gasteiger partial charge is 0.390 e. The molecular weight excluding hydrogens is 258 g/mol. The molecule has 19 heavy (non-hydrogen) atoms. The summed E-state index contributed by atoms with van der Waals surface area (Å²) in [4.78, 5) is 8.00. The summed E-state index contributed by atoms with van der Waals surface area (Å²) in [6, 6.07) is 0. The van der Waals surface area contributed by atoms with Crippen molar-refractivity contribution >= 4 is 22.1 Å². The fourth-order valence-corrected chi connectivity index (χ4v) is 3.56. The molecule has 5 heteroatoms. The summed E-state index contributed by atoms with van der Waals surface area (Å²) in [7, 11) is 0. The maximum atomic E-state index is 9.62. The molecule has 0 amide bonds. The van der Waals surface area contributed by atoms with E-state index in [1.165, 1.54) is 19.3 Å². The van der Waals surface area contributed by atoms with Crippen molar-refractivity contribution in [2.24, 2.45) is 5.41 Å². The Balaban J connectivity index is 1.87. The lowest BCUT2D eigenvalue weighted by molar-refractivity contribution is 0.236. The molecule has 0 aromatic carbocycles. The van der Waals surface area contributed by atoms with Crippen LogP contribution in [0.3, 0.4) is 0 Å². The van der Waals surface area contributed by atoms with Crippen LogP contribution >= 0.6 is 11.3 Å². The molecule has 2 aromatic heterocycles. The van der Waals surface area contributed by atoms with E-state index < -0.39 is 0 Å². The van der Waals surface area contributed by atoms with Crippen LogP contribution in [0.2, 0.25) is 0 Å². The highest BCUT2D eigenvalue weighted by Crippen LogP contribution is 2.36. The Morgan fingerprint density at radius 1 is 1.42 bits per heavy atom. The van der Waals surface area contributed by atoms with E-state index in [1.807, 2.05) is 16.0 Å². The predicted octanol–water partition coefficient (Wildman–Crippen LogP) is 2.90.